The molecule has 0 aliphatic carbocycles. The topological polar surface area (TPSA) is 51.8 Å². The standard InChI is InChI=1S/C20H17N3S2/c1-12-4-3-5-14(8-12)18-19(15-6-7-22-17(21)10-15)25-20(23-18)16-9-13(2)11-24-16/h3-11H,1-2H3,(H2,21,22). The third kappa shape index (κ3) is 3.21. The largest absolute Gasteiger partial charge is 0.384 e. The van der Waals surface area contributed by atoms with E-state index in [9.17, 15) is 0 Å². The molecule has 2 N–H and O–H groups in total. The van der Waals surface area contributed by atoms with Gasteiger partial charge in [0, 0.05) is 11.8 Å². The third-order valence-electron chi connectivity index (χ3n) is 3.90. The van der Waals surface area contributed by atoms with Gasteiger partial charge in [-0.1, -0.05) is 23.8 Å². The maximum Gasteiger partial charge on any atom is 0.134 e. The normalized spacial score (nSPS) is 11.0. The summed E-state index contributed by atoms with van der Waals surface area (Å²) in [5.74, 6) is 0.523. The molecule has 0 amide bonds. The second-order valence-corrected chi connectivity index (χ2v) is 7.93. The minimum absolute atomic E-state index is 0.523. The van der Waals surface area contributed by atoms with Crippen molar-refractivity contribution in [3.63, 3.8) is 0 Å². The Morgan fingerprint density at radius 3 is 2.56 bits per heavy atom. The molecule has 4 rings (SSSR count). The van der Waals surface area contributed by atoms with Crippen molar-refractivity contribution < 1.29 is 0 Å². The zero-order chi connectivity index (χ0) is 17.4. The Hall–Kier alpha value is -2.50. The van der Waals surface area contributed by atoms with Gasteiger partial charge >= 0.3 is 0 Å². The van der Waals surface area contributed by atoms with Gasteiger partial charge < -0.3 is 5.73 Å². The number of pyridine rings is 1. The molecule has 0 saturated carbocycles. The molecule has 5 heteroatoms. The van der Waals surface area contributed by atoms with Crippen LogP contribution in [0.1, 0.15) is 11.1 Å². The molecule has 0 spiro atoms. The molecule has 0 radical (unpaired) electrons. The number of hydrogen-bond acceptors (Lipinski definition) is 5. The van der Waals surface area contributed by atoms with E-state index in [1.54, 1.807) is 28.9 Å². The van der Waals surface area contributed by atoms with E-state index in [-0.39, 0.29) is 0 Å². The van der Waals surface area contributed by atoms with E-state index < -0.39 is 0 Å². The quantitative estimate of drug-likeness (QED) is 0.500. The zero-order valence-corrected chi connectivity index (χ0v) is 15.6. The highest BCUT2D eigenvalue weighted by Gasteiger charge is 2.17. The predicted octanol–water partition coefficient (Wildman–Crippen LogP) is 5.80. The van der Waals surface area contributed by atoms with Crippen molar-refractivity contribution >= 4 is 28.5 Å². The smallest absolute Gasteiger partial charge is 0.134 e. The van der Waals surface area contributed by atoms with Crippen LogP contribution in [0, 0.1) is 13.8 Å². The van der Waals surface area contributed by atoms with Crippen LogP contribution in [0.15, 0.2) is 54.0 Å². The van der Waals surface area contributed by atoms with Crippen LogP contribution in [-0.2, 0) is 0 Å². The summed E-state index contributed by atoms with van der Waals surface area (Å²) in [6.07, 6.45) is 1.75. The number of thiophene rings is 1. The van der Waals surface area contributed by atoms with Crippen molar-refractivity contribution in [1.82, 2.24) is 9.97 Å². The fourth-order valence-corrected chi connectivity index (χ4v) is 4.79. The zero-order valence-electron chi connectivity index (χ0n) is 14.0. The number of anilines is 1. The molecule has 3 heterocycles. The van der Waals surface area contributed by atoms with Crippen molar-refractivity contribution in [3.8, 4) is 31.6 Å². The fourth-order valence-electron chi connectivity index (χ4n) is 2.74. The minimum Gasteiger partial charge on any atom is -0.384 e. The molecule has 0 unspecified atom stereocenters. The lowest BCUT2D eigenvalue weighted by Crippen LogP contribution is -1.89. The van der Waals surface area contributed by atoms with Gasteiger partial charge in [-0.05, 0) is 54.6 Å². The van der Waals surface area contributed by atoms with Crippen molar-refractivity contribution in [3.05, 3.63) is 65.2 Å². The number of hydrogen-bond donors (Lipinski definition) is 1. The van der Waals surface area contributed by atoms with Gasteiger partial charge in [0.05, 0.1) is 15.4 Å². The SMILES string of the molecule is Cc1cccc(-c2nc(-c3cc(C)cs3)sc2-c2ccnc(N)c2)c1. The first-order valence-corrected chi connectivity index (χ1v) is 9.65. The summed E-state index contributed by atoms with van der Waals surface area (Å²) in [7, 11) is 0. The first-order valence-electron chi connectivity index (χ1n) is 7.95. The maximum absolute atomic E-state index is 5.91. The molecule has 1 aromatic carbocycles. The van der Waals surface area contributed by atoms with Crippen molar-refractivity contribution in [2.45, 2.75) is 13.8 Å². The minimum atomic E-state index is 0.523. The van der Waals surface area contributed by atoms with Crippen molar-refractivity contribution in [2.24, 2.45) is 0 Å². The van der Waals surface area contributed by atoms with E-state index in [0.29, 0.717) is 5.82 Å². The summed E-state index contributed by atoms with van der Waals surface area (Å²) >= 11 is 3.44. The number of aryl methyl sites for hydroxylation is 2. The number of benzene rings is 1. The van der Waals surface area contributed by atoms with E-state index in [1.165, 1.54) is 16.0 Å². The molecule has 0 bridgehead atoms. The van der Waals surface area contributed by atoms with E-state index in [0.717, 1.165) is 26.7 Å². The molecule has 4 aromatic rings. The Bertz CT molecular complexity index is 984. The summed E-state index contributed by atoms with van der Waals surface area (Å²) in [6.45, 7) is 4.21. The van der Waals surface area contributed by atoms with Gasteiger partial charge in [0.15, 0.2) is 0 Å². The summed E-state index contributed by atoms with van der Waals surface area (Å²) in [6, 6.07) is 14.6. The van der Waals surface area contributed by atoms with Crippen LogP contribution in [0.3, 0.4) is 0 Å². The summed E-state index contributed by atoms with van der Waals surface area (Å²) in [4.78, 5) is 11.4. The monoisotopic (exact) mass is 363 g/mol. The Morgan fingerprint density at radius 2 is 1.84 bits per heavy atom. The van der Waals surface area contributed by atoms with Crippen LogP contribution in [0.4, 0.5) is 5.82 Å². The average molecular weight is 364 g/mol. The van der Waals surface area contributed by atoms with Crippen LogP contribution in [-0.4, -0.2) is 9.97 Å². The van der Waals surface area contributed by atoms with Crippen molar-refractivity contribution in [2.75, 3.05) is 5.73 Å². The number of nitrogens with zero attached hydrogens (tertiary/aromatic N) is 2. The van der Waals surface area contributed by atoms with Gasteiger partial charge in [0.2, 0.25) is 0 Å². The van der Waals surface area contributed by atoms with Crippen LogP contribution in [0.5, 0.6) is 0 Å². The maximum atomic E-state index is 5.91. The molecule has 0 aliphatic heterocycles. The van der Waals surface area contributed by atoms with Gasteiger partial charge in [0.1, 0.15) is 10.8 Å². The Balaban J connectivity index is 1.93. The van der Waals surface area contributed by atoms with Crippen LogP contribution >= 0.6 is 22.7 Å². The molecule has 25 heavy (non-hydrogen) atoms. The van der Waals surface area contributed by atoms with Gasteiger partial charge in [-0.2, -0.15) is 0 Å². The predicted molar refractivity (Wildman–Crippen MR) is 108 cm³/mol. The fraction of sp³-hybridized carbons (Fsp3) is 0.100. The highest BCUT2D eigenvalue weighted by Crippen LogP contribution is 2.42. The van der Waals surface area contributed by atoms with E-state index >= 15 is 0 Å². The third-order valence-corrected chi connectivity index (χ3v) is 6.22. The van der Waals surface area contributed by atoms with Crippen LogP contribution < -0.4 is 5.73 Å². The molecule has 124 valence electrons. The summed E-state index contributed by atoms with van der Waals surface area (Å²) in [5, 5.41) is 3.20. The van der Waals surface area contributed by atoms with Crippen molar-refractivity contribution in [1.29, 1.82) is 0 Å². The molecule has 0 atom stereocenters. The molecular weight excluding hydrogens is 346 g/mol. The Morgan fingerprint density at radius 1 is 0.960 bits per heavy atom. The lowest BCUT2D eigenvalue weighted by Gasteiger charge is -2.04. The van der Waals surface area contributed by atoms with Gasteiger partial charge in [0.25, 0.3) is 0 Å². The highest BCUT2D eigenvalue weighted by molar-refractivity contribution is 7.23. The number of nitrogens with two attached hydrogens (primary N) is 1. The molecule has 0 saturated heterocycles. The summed E-state index contributed by atoms with van der Waals surface area (Å²) in [5.41, 5.74) is 11.6. The van der Waals surface area contributed by atoms with Crippen LogP contribution in [0.25, 0.3) is 31.6 Å². The highest BCUT2D eigenvalue weighted by atomic mass is 32.1. The van der Waals surface area contributed by atoms with Gasteiger partial charge in [-0.15, -0.1) is 22.7 Å². The second-order valence-electron chi connectivity index (χ2n) is 6.02. The molecule has 3 aromatic heterocycles. The lowest BCUT2D eigenvalue weighted by atomic mass is 10.1. The molecule has 0 aliphatic rings. The van der Waals surface area contributed by atoms with Gasteiger partial charge in [-0.3, -0.25) is 0 Å². The number of nitrogen functional groups attached to an aromatic ring is 1. The first-order chi connectivity index (χ1) is 12.1. The van der Waals surface area contributed by atoms with Gasteiger partial charge in [-0.25, -0.2) is 9.97 Å². The van der Waals surface area contributed by atoms with Crippen LogP contribution in [0.2, 0.25) is 0 Å². The molecule has 0 fully saturated rings. The average Bonchev–Trinajstić information content (AvgIpc) is 3.21. The Labute approximate surface area is 154 Å². The lowest BCUT2D eigenvalue weighted by molar-refractivity contribution is 1.34. The summed E-state index contributed by atoms with van der Waals surface area (Å²) < 4.78 is 0. The molecule has 3 nitrogen and oxygen atoms in total. The molecular formula is C20H17N3S2. The number of thiazole rings is 1. The second kappa shape index (κ2) is 6.43. The Kier molecular flexibility index (Phi) is 4.11. The number of rotatable bonds is 3. The van der Waals surface area contributed by atoms with E-state index in [1.807, 2.05) is 12.1 Å². The van der Waals surface area contributed by atoms with E-state index in [2.05, 4.69) is 54.5 Å². The number of aromatic nitrogens is 2. The first kappa shape index (κ1) is 16.0. The van der Waals surface area contributed by atoms with E-state index in [4.69, 9.17) is 10.7 Å².